The lowest BCUT2D eigenvalue weighted by Gasteiger charge is -2.30. The van der Waals surface area contributed by atoms with Gasteiger partial charge in [-0.15, -0.1) is 0 Å². The van der Waals surface area contributed by atoms with Gasteiger partial charge in [-0.25, -0.2) is 0 Å². The van der Waals surface area contributed by atoms with Gasteiger partial charge in [0, 0.05) is 33.5 Å². The maximum absolute atomic E-state index is 2.54. The molecule has 8 aromatic rings. The predicted octanol–water partition coefficient (Wildman–Crippen LogP) is 20.4. The second-order valence-electron chi connectivity index (χ2n) is 20.5. The summed E-state index contributed by atoms with van der Waals surface area (Å²) in [5.41, 5.74) is 13.1. The molecule has 0 N–H and O–H groups in total. The van der Waals surface area contributed by atoms with Crippen molar-refractivity contribution in [3.8, 4) is 0 Å². The molecule has 0 saturated heterocycles. The van der Waals surface area contributed by atoms with Gasteiger partial charge in [-0.05, 0) is 168 Å². The van der Waals surface area contributed by atoms with Crippen LogP contribution in [0, 0.1) is 0 Å². The van der Waals surface area contributed by atoms with E-state index < -0.39 is 0 Å². The summed E-state index contributed by atoms with van der Waals surface area (Å²) in [6, 6.07) is 61.7. The van der Waals surface area contributed by atoms with Crippen molar-refractivity contribution in [2.75, 3.05) is 9.80 Å². The van der Waals surface area contributed by atoms with Gasteiger partial charge in [0.1, 0.15) is 0 Å². The maximum Gasteiger partial charge on any atom is 0.0546 e. The van der Waals surface area contributed by atoms with Gasteiger partial charge in [0.05, 0.1) is 11.4 Å². The van der Waals surface area contributed by atoms with Gasteiger partial charge >= 0.3 is 0 Å². The topological polar surface area (TPSA) is 6.48 Å². The molecule has 0 radical (unpaired) electrons. The summed E-state index contributed by atoms with van der Waals surface area (Å²) < 4.78 is 0. The molecular weight excluding hydrogens is 821 g/mol. The molecule has 8 aromatic carbocycles. The van der Waals surface area contributed by atoms with Crippen molar-refractivity contribution in [3.05, 3.63) is 180 Å². The average molecular weight is 895 g/mol. The Bertz CT molecular complexity index is 2660. The van der Waals surface area contributed by atoms with Crippen LogP contribution in [0.4, 0.5) is 34.1 Å². The molecule has 2 aliphatic carbocycles. The molecule has 68 heavy (non-hydrogen) atoms. The molecule has 0 aliphatic heterocycles. The normalized spacial score (nSPS) is 14.8. The zero-order valence-electron chi connectivity index (χ0n) is 41.2. The molecule has 0 aromatic heterocycles. The Labute approximate surface area is 408 Å². The first-order chi connectivity index (χ1) is 33.7. The van der Waals surface area contributed by atoms with Crippen LogP contribution in [0.3, 0.4) is 0 Å². The van der Waals surface area contributed by atoms with E-state index in [0.29, 0.717) is 11.8 Å². The lowest BCUT2D eigenvalue weighted by molar-refractivity contribution is 0.443. The molecular formula is C66H74N2. The summed E-state index contributed by atoms with van der Waals surface area (Å²) in [6.45, 7) is 4.59. The Kier molecular flexibility index (Phi) is 14.9. The van der Waals surface area contributed by atoms with Gasteiger partial charge in [0.25, 0.3) is 0 Å². The van der Waals surface area contributed by atoms with E-state index in [9.17, 15) is 0 Å². The fraction of sp³-hybridized carbons (Fsp3) is 0.364. The van der Waals surface area contributed by atoms with Gasteiger partial charge in [-0.3, -0.25) is 0 Å². The summed E-state index contributed by atoms with van der Waals surface area (Å²) in [5.74, 6) is 1.34. The number of fused-ring (bicyclic) bond motifs is 5. The fourth-order valence-electron chi connectivity index (χ4n) is 11.9. The molecule has 0 spiro atoms. The van der Waals surface area contributed by atoms with Crippen LogP contribution in [0.15, 0.2) is 158 Å². The third kappa shape index (κ3) is 10.1. The van der Waals surface area contributed by atoms with Crippen molar-refractivity contribution < 1.29 is 0 Å². The van der Waals surface area contributed by atoms with E-state index in [-0.39, 0.29) is 0 Å². The summed E-state index contributed by atoms with van der Waals surface area (Å²) in [6.07, 6.45) is 25.9. The SMILES string of the molecule is CCCCCCc1ccc(N(c2ccc(C3CCCCC3)cc2)c2cc3c4ccccc4c(N(c4ccc(CCCCCC)cc4)c4ccc(C5CCCCC5)cc4)cc3c3ccccc23)cc1. The highest BCUT2D eigenvalue weighted by molar-refractivity contribution is 6.24. The number of hydrogen-bond acceptors (Lipinski definition) is 2. The molecule has 0 heterocycles. The van der Waals surface area contributed by atoms with Crippen LogP contribution in [0.25, 0.3) is 32.3 Å². The Morgan fingerprint density at radius 2 is 0.676 bits per heavy atom. The summed E-state index contributed by atoms with van der Waals surface area (Å²) in [5, 5.41) is 7.64. The Hall–Kier alpha value is -5.86. The summed E-state index contributed by atoms with van der Waals surface area (Å²) in [4.78, 5) is 5.08. The molecule has 0 atom stereocenters. The molecule has 348 valence electrons. The van der Waals surface area contributed by atoms with Gasteiger partial charge in [-0.2, -0.15) is 0 Å². The fourth-order valence-corrected chi connectivity index (χ4v) is 11.9. The lowest BCUT2D eigenvalue weighted by Crippen LogP contribution is -2.12. The highest BCUT2D eigenvalue weighted by Gasteiger charge is 2.24. The third-order valence-corrected chi connectivity index (χ3v) is 15.8. The van der Waals surface area contributed by atoms with E-state index in [2.05, 4.69) is 181 Å². The van der Waals surface area contributed by atoms with Crippen LogP contribution >= 0.6 is 0 Å². The van der Waals surface area contributed by atoms with Crippen LogP contribution in [0.2, 0.25) is 0 Å². The minimum Gasteiger partial charge on any atom is -0.310 e. The van der Waals surface area contributed by atoms with Gasteiger partial charge in [-0.1, -0.05) is 188 Å². The Morgan fingerprint density at radius 3 is 1.03 bits per heavy atom. The molecule has 2 aliphatic rings. The largest absolute Gasteiger partial charge is 0.310 e. The van der Waals surface area contributed by atoms with E-state index in [4.69, 9.17) is 0 Å². The van der Waals surface area contributed by atoms with E-state index in [0.717, 1.165) is 12.8 Å². The van der Waals surface area contributed by atoms with Crippen molar-refractivity contribution in [1.82, 2.24) is 0 Å². The standard InChI is InChI=1S/C66H74N2/c1-3-5-7-11-21-49-31-39-55(40-32-49)67(57-43-35-53(36-44-57)51-23-13-9-14-24-51)65-47-63-60-28-18-20-30-62(60)66(48-64(63)59-27-17-19-29-61(59)65)68(56-41-33-50(34-42-56)22-12-8-6-4-2)58-45-37-54(38-46-58)52-25-15-10-16-26-52/h17-20,27-48,51-52H,3-16,21-26H2,1-2H3. The van der Waals surface area contributed by atoms with Crippen molar-refractivity contribution >= 4 is 66.4 Å². The number of unbranched alkanes of at least 4 members (excludes halogenated alkanes) is 6. The van der Waals surface area contributed by atoms with Crippen LogP contribution in [0.1, 0.15) is 164 Å². The number of anilines is 6. The molecule has 10 rings (SSSR count). The smallest absolute Gasteiger partial charge is 0.0546 e. The molecule has 2 fully saturated rings. The quantitative estimate of drug-likeness (QED) is 0.0625. The van der Waals surface area contributed by atoms with Crippen LogP contribution < -0.4 is 9.80 Å². The molecule has 0 unspecified atom stereocenters. The van der Waals surface area contributed by atoms with E-state index in [1.165, 1.54) is 204 Å². The second kappa shape index (κ2) is 22.1. The number of hydrogen-bond donors (Lipinski definition) is 0. The molecule has 2 heteroatoms. The first-order valence-corrected chi connectivity index (χ1v) is 27.0. The lowest BCUT2D eigenvalue weighted by atomic mass is 9.84. The van der Waals surface area contributed by atoms with E-state index in [1.54, 1.807) is 0 Å². The van der Waals surface area contributed by atoms with Gasteiger partial charge in [0.15, 0.2) is 0 Å². The van der Waals surface area contributed by atoms with Gasteiger partial charge < -0.3 is 9.80 Å². The first kappa shape index (κ1) is 45.9. The predicted molar refractivity (Wildman–Crippen MR) is 296 cm³/mol. The first-order valence-electron chi connectivity index (χ1n) is 27.0. The Balaban J connectivity index is 1.12. The zero-order chi connectivity index (χ0) is 46.1. The van der Waals surface area contributed by atoms with Crippen molar-refractivity contribution in [1.29, 1.82) is 0 Å². The number of aryl methyl sites for hydroxylation is 2. The maximum atomic E-state index is 2.54. The number of benzene rings is 8. The van der Waals surface area contributed by atoms with E-state index >= 15 is 0 Å². The number of nitrogens with zero attached hydrogens (tertiary/aromatic N) is 2. The highest BCUT2D eigenvalue weighted by atomic mass is 15.2. The summed E-state index contributed by atoms with van der Waals surface area (Å²) >= 11 is 0. The third-order valence-electron chi connectivity index (χ3n) is 15.8. The van der Waals surface area contributed by atoms with Gasteiger partial charge in [0.2, 0.25) is 0 Å². The molecule has 0 bridgehead atoms. The monoisotopic (exact) mass is 895 g/mol. The van der Waals surface area contributed by atoms with Crippen LogP contribution in [0.5, 0.6) is 0 Å². The van der Waals surface area contributed by atoms with Crippen molar-refractivity contribution in [2.24, 2.45) is 0 Å². The number of rotatable bonds is 18. The summed E-state index contributed by atoms with van der Waals surface area (Å²) in [7, 11) is 0. The minimum atomic E-state index is 0.670. The van der Waals surface area contributed by atoms with Crippen LogP contribution in [-0.4, -0.2) is 0 Å². The average Bonchev–Trinajstić information content (AvgIpc) is 3.41. The molecule has 0 amide bonds. The van der Waals surface area contributed by atoms with Crippen molar-refractivity contribution in [2.45, 2.75) is 154 Å². The second-order valence-corrected chi connectivity index (χ2v) is 20.5. The van der Waals surface area contributed by atoms with E-state index in [1.807, 2.05) is 0 Å². The highest BCUT2D eigenvalue weighted by Crippen LogP contribution is 2.48. The molecule has 2 nitrogen and oxygen atoms in total. The minimum absolute atomic E-state index is 0.670. The zero-order valence-corrected chi connectivity index (χ0v) is 41.2. The van der Waals surface area contributed by atoms with Crippen LogP contribution in [-0.2, 0) is 12.8 Å². The molecule has 2 saturated carbocycles. The Morgan fingerprint density at radius 1 is 0.338 bits per heavy atom. The van der Waals surface area contributed by atoms with Crippen molar-refractivity contribution in [3.63, 3.8) is 0 Å².